The third-order valence-electron chi connectivity index (χ3n) is 9.92. The van der Waals surface area contributed by atoms with Crippen molar-refractivity contribution in [1.29, 1.82) is 0 Å². The fourth-order valence-electron chi connectivity index (χ4n) is 8.48. The maximum absolute atomic E-state index is 5.01. The number of para-hydroxylation sites is 2. The predicted molar refractivity (Wildman–Crippen MR) is 158 cm³/mol. The first kappa shape index (κ1) is 23.5. The van der Waals surface area contributed by atoms with Crippen molar-refractivity contribution < 1.29 is 4.48 Å². The average Bonchev–Trinajstić information content (AvgIpc) is 3.74. The van der Waals surface area contributed by atoms with Crippen LogP contribution in [0.2, 0.25) is 0 Å². The molecule has 3 aromatic carbocycles. The number of nitrogens with zero attached hydrogens (tertiary/aromatic N) is 3. The molecule has 190 valence electrons. The van der Waals surface area contributed by atoms with Gasteiger partial charge in [-0.2, -0.15) is 0 Å². The second-order valence-corrected chi connectivity index (χ2v) is 11.3. The van der Waals surface area contributed by atoms with E-state index in [0.29, 0.717) is 17.5 Å². The van der Waals surface area contributed by atoms with Gasteiger partial charge in [0, 0.05) is 52.6 Å². The molecule has 5 atom stereocenters. The van der Waals surface area contributed by atoms with Crippen LogP contribution in [0.3, 0.4) is 0 Å². The van der Waals surface area contributed by atoms with E-state index >= 15 is 0 Å². The van der Waals surface area contributed by atoms with Crippen LogP contribution in [-0.2, 0) is 13.0 Å². The molecule has 3 nitrogen and oxygen atoms in total. The van der Waals surface area contributed by atoms with Gasteiger partial charge in [-0.3, -0.25) is 4.98 Å². The van der Waals surface area contributed by atoms with Crippen molar-refractivity contribution in [2.75, 3.05) is 6.54 Å². The largest absolute Gasteiger partial charge is 0.301 e. The highest BCUT2D eigenvalue weighted by Gasteiger charge is 2.97. The Balaban J connectivity index is 0.00000118. The van der Waals surface area contributed by atoms with Crippen molar-refractivity contribution in [3.05, 3.63) is 108 Å². The summed E-state index contributed by atoms with van der Waals surface area (Å²) in [6.45, 7) is 12.8. The van der Waals surface area contributed by atoms with Gasteiger partial charge in [-0.05, 0) is 42.8 Å². The van der Waals surface area contributed by atoms with Crippen LogP contribution >= 0.6 is 0 Å². The standard InChI is InChI=1S/C33H30N3.C2H6/c1-3-27-28-15-17-36(20-26-23-8-4-6-10-30(23)35-31-11-7-5-9-24(26)31)32(33(27,28)36)19-22-14-16-34-29-13-12-21(2)18-25(22)29;1-2/h3-14,16,18,27-28,32H,1,15,17,19-20H2,2H3;1-2H3/q+1;/t27?,28?,32-,33?,36?;/m1./s1. The summed E-state index contributed by atoms with van der Waals surface area (Å²) in [6, 6.07) is 27.0. The summed E-state index contributed by atoms with van der Waals surface area (Å²) in [5.41, 5.74) is 7.93. The molecule has 2 aliphatic heterocycles. The van der Waals surface area contributed by atoms with Crippen LogP contribution in [0.1, 0.15) is 37.0 Å². The minimum absolute atomic E-state index is 0.368. The van der Waals surface area contributed by atoms with Gasteiger partial charge in [-0.25, -0.2) is 4.98 Å². The molecule has 2 aromatic heterocycles. The first-order valence-corrected chi connectivity index (χ1v) is 14.3. The SMILES string of the molecule is C=CC1C2CC[N+]3(Cc4c5ccccc5nc5ccccc45)[C@H](Cc4ccnc5ccc(C)cc45)C123.CC. The zero-order valence-corrected chi connectivity index (χ0v) is 22.7. The van der Waals surface area contributed by atoms with Crippen molar-refractivity contribution >= 4 is 32.7 Å². The Morgan fingerprint density at radius 2 is 1.63 bits per heavy atom. The number of fused-ring (bicyclic) bond motifs is 3. The number of benzene rings is 3. The second-order valence-electron chi connectivity index (χ2n) is 11.3. The molecule has 4 heterocycles. The summed E-state index contributed by atoms with van der Waals surface area (Å²) < 4.78 is 1.21. The molecule has 0 radical (unpaired) electrons. The molecule has 2 saturated heterocycles. The Kier molecular flexibility index (Phi) is 5.25. The molecule has 5 aromatic rings. The molecule has 3 aliphatic rings. The lowest BCUT2D eigenvalue weighted by Crippen LogP contribution is -2.31. The van der Waals surface area contributed by atoms with Crippen LogP contribution in [0.5, 0.6) is 0 Å². The van der Waals surface area contributed by atoms with E-state index in [1.54, 1.807) is 0 Å². The van der Waals surface area contributed by atoms with Crippen LogP contribution in [0, 0.1) is 18.8 Å². The van der Waals surface area contributed by atoms with E-state index in [1.165, 1.54) is 50.3 Å². The highest BCUT2D eigenvalue weighted by atomic mass is 15.6. The van der Waals surface area contributed by atoms with Crippen LogP contribution in [0.4, 0.5) is 0 Å². The Morgan fingerprint density at radius 3 is 2.32 bits per heavy atom. The number of piperidine rings is 2. The molecule has 38 heavy (non-hydrogen) atoms. The quantitative estimate of drug-likeness (QED) is 0.107. The highest BCUT2D eigenvalue weighted by Crippen LogP contribution is 2.80. The van der Waals surface area contributed by atoms with Crippen molar-refractivity contribution in [2.24, 2.45) is 11.8 Å². The number of quaternary nitrogens is 1. The Labute approximate surface area is 225 Å². The van der Waals surface area contributed by atoms with Crippen LogP contribution < -0.4 is 0 Å². The third-order valence-corrected chi connectivity index (χ3v) is 9.92. The summed E-state index contributed by atoms with van der Waals surface area (Å²) in [6.07, 6.45) is 6.71. The monoisotopic (exact) mass is 498 g/mol. The lowest BCUT2D eigenvalue weighted by Gasteiger charge is -2.23. The molecule has 1 spiro atoms. The molecule has 0 bridgehead atoms. The first-order chi connectivity index (χ1) is 18.7. The van der Waals surface area contributed by atoms with E-state index in [2.05, 4.69) is 97.4 Å². The molecular formula is C35H36N3+. The summed E-state index contributed by atoms with van der Waals surface area (Å²) in [5, 5.41) is 3.95. The molecule has 0 N–H and O–H groups in total. The van der Waals surface area contributed by atoms with Crippen LogP contribution in [0.15, 0.2) is 91.6 Å². The molecule has 3 heteroatoms. The number of hydrogen-bond acceptors (Lipinski definition) is 2. The Hall–Kier alpha value is -3.56. The summed E-state index contributed by atoms with van der Waals surface area (Å²) in [5.74, 6) is 1.43. The fraction of sp³-hybridized carbons (Fsp3) is 0.314. The van der Waals surface area contributed by atoms with Gasteiger partial charge in [0.25, 0.3) is 0 Å². The smallest absolute Gasteiger partial charge is 0.163 e. The predicted octanol–water partition coefficient (Wildman–Crippen LogP) is 7.79. The van der Waals surface area contributed by atoms with E-state index in [9.17, 15) is 0 Å². The lowest BCUT2D eigenvalue weighted by atomic mass is 9.99. The van der Waals surface area contributed by atoms with E-state index in [4.69, 9.17) is 4.98 Å². The lowest BCUT2D eigenvalue weighted by molar-refractivity contribution is -0.840. The van der Waals surface area contributed by atoms with Gasteiger partial charge in [0.05, 0.1) is 23.1 Å². The topological polar surface area (TPSA) is 25.8 Å². The van der Waals surface area contributed by atoms with Gasteiger partial charge < -0.3 is 4.48 Å². The number of aryl methyl sites for hydroxylation is 1. The van der Waals surface area contributed by atoms with Gasteiger partial charge in [-0.1, -0.05) is 68.0 Å². The summed E-state index contributed by atoms with van der Waals surface area (Å²) in [4.78, 5) is 9.67. The van der Waals surface area contributed by atoms with Crippen LogP contribution in [-0.4, -0.2) is 32.6 Å². The molecule has 4 unspecified atom stereocenters. The second kappa shape index (κ2) is 8.47. The zero-order chi connectivity index (χ0) is 26.1. The van der Waals surface area contributed by atoms with Crippen LogP contribution in [0.25, 0.3) is 32.7 Å². The molecule has 8 rings (SSSR count). The Bertz CT molecular complexity index is 1670. The van der Waals surface area contributed by atoms with Gasteiger partial charge in [-0.15, -0.1) is 6.58 Å². The van der Waals surface area contributed by atoms with Crippen molar-refractivity contribution in [3.8, 4) is 0 Å². The average molecular weight is 499 g/mol. The minimum Gasteiger partial charge on any atom is -0.301 e. The van der Waals surface area contributed by atoms with Crippen molar-refractivity contribution in [2.45, 2.75) is 51.7 Å². The molecule has 1 saturated carbocycles. The highest BCUT2D eigenvalue weighted by molar-refractivity contribution is 5.97. The molecule has 1 aliphatic carbocycles. The maximum atomic E-state index is 5.01. The van der Waals surface area contributed by atoms with E-state index < -0.39 is 0 Å². The molecular weight excluding hydrogens is 462 g/mol. The fourth-order valence-corrected chi connectivity index (χ4v) is 8.48. The van der Waals surface area contributed by atoms with Gasteiger partial charge in [0.15, 0.2) is 11.6 Å². The maximum Gasteiger partial charge on any atom is 0.163 e. The van der Waals surface area contributed by atoms with Crippen molar-refractivity contribution in [1.82, 2.24) is 9.97 Å². The van der Waals surface area contributed by atoms with Gasteiger partial charge >= 0.3 is 0 Å². The first-order valence-electron chi connectivity index (χ1n) is 14.3. The number of hydrogen-bond donors (Lipinski definition) is 0. The Morgan fingerprint density at radius 1 is 0.921 bits per heavy atom. The molecule has 3 fully saturated rings. The minimum atomic E-state index is 0.368. The molecule has 0 amide bonds. The van der Waals surface area contributed by atoms with E-state index in [0.717, 1.165) is 35.4 Å². The summed E-state index contributed by atoms with van der Waals surface area (Å²) >= 11 is 0. The zero-order valence-electron chi connectivity index (χ0n) is 22.7. The number of aromatic nitrogens is 2. The van der Waals surface area contributed by atoms with Crippen molar-refractivity contribution in [3.63, 3.8) is 0 Å². The van der Waals surface area contributed by atoms with Gasteiger partial charge in [0.2, 0.25) is 0 Å². The van der Waals surface area contributed by atoms with E-state index in [1.807, 2.05) is 20.0 Å². The van der Waals surface area contributed by atoms with Gasteiger partial charge in [0.1, 0.15) is 6.54 Å². The third kappa shape index (κ3) is 3.00. The number of rotatable bonds is 5. The normalized spacial score (nSPS) is 28.4. The number of pyridine rings is 2. The van der Waals surface area contributed by atoms with E-state index in [-0.39, 0.29) is 0 Å². The summed E-state index contributed by atoms with van der Waals surface area (Å²) in [7, 11) is 0.